The standard InChI is InChI=1S/C8H11O4P/c1-2-13(11)12-8-4-6(9)3-7(10)5-8/h3-5,9-10,13H,2H2,1H3. The second-order valence-electron chi connectivity index (χ2n) is 2.51. The molecule has 0 amide bonds. The molecule has 1 rings (SSSR count). The van der Waals surface area contributed by atoms with Gasteiger partial charge in [-0.3, -0.25) is 4.57 Å². The van der Waals surface area contributed by atoms with E-state index < -0.39 is 8.03 Å². The smallest absolute Gasteiger partial charge is 0.236 e. The van der Waals surface area contributed by atoms with Gasteiger partial charge in [-0.25, -0.2) is 0 Å². The minimum Gasteiger partial charge on any atom is -0.508 e. The molecule has 72 valence electrons. The summed E-state index contributed by atoms with van der Waals surface area (Å²) < 4.78 is 16.0. The van der Waals surface area contributed by atoms with Gasteiger partial charge in [-0.1, -0.05) is 6.92 Å². The van der Waals surface area contributed by atoms with Crippen LogP contribution in [0.5, 0.6) is 17.2 Å². The fraction of sp³-hybridized carbons (Fsp3) is 0.250. The van der Waals surface area contributed by atoms with Crippen LogP contribution >= 0.6 is 8.03 Å². The van der Waals surface area contributed by atoms with Crippen molar-refractivity contribution < 1.29 is 19.3 Å². The third-order valence-electron chi connectivity index (χ3n) is 1.40. The minimum atomic E-state index is -2.09. The maximum Gasteiger partial charge on any atom is 0.236 e. The SMILES string of the molecule is CC[PH](=O)Oc1cc(O)cc(O)c1. The van der Waals surface area contributed by atoms with Crippen LogP contribution in [0.4, 0.5) is 0 Å². The monoisotopic (exact) mass is 202 g/mol. The first kappa shape index (κ1) is 9.93. The van der Waals surface area contributed by atoms with Gasteiger partial charge in [0.05, 0.1) is 0 Å². The third-order valence-corrected chi connectivity index (χ3v) is 2.44. The molecule has 0 spiro atoms. The van der Waals surface area contributed by atoms with E-state index >= 15 is 0 Å². The molecular weight excluding hydrogens is 191 g/mol. The van der Waals surface area contributed by atoms with Crippen molar-refractivity contribution in [1.29, 1.82) is 0 Å². The summed E-state index contributed by atoms with van der Waals surface area (Å²) in [5, 5.41) is 18.1. The second-order valence-corrected chi connectivity index (χ2v) is 4.17. The van der Waals surface area contributed by atoms with Crippen molar-refractivity contribution in [3.63, 3.8) is 0 Å². The van der Waals surface area contributed by atoms with E-state index in [0.29, 0.717) is 6.16 Å². The lowest BCUT2D eigenvalue weighted by molar-refractivity contribution is 0.442. The fourth-order valence-corrected chi connectivity index (χ4v) is 1.36. The molecule has 5 heteroatoms. The number of phenolic OH excluding ortho intramolecular Hbond substituents is 2. The summed E-state index contributed by atoms with van der Waals surface area (Å²) >= 11 is 0. The molecular formula is C8H11O4P. The number of hydrogen-bond donors (Lipinski definition) is 2. The first-order chi connectivity index (χ1) is 6.11. The van der Waals surface area contributed by atoms with Crippen molar-refractivity contribution in [2.45, 2.75) is 6.92 Å². The molecule has 1 unspecified atom stereocenters. The first-order valence-corrected chi connectivity index (χ1v) is 5.38. The molecule has 0 aliphatic carbocycles. The van der Waals surface area contributed by atoms with Gasteiger partial charge in [0, 0.05) is 24.4 Å². The average molecular weight is 202 g/mol. The van der Waals surface area contributed by atoms with Crippen LogP contribution in [0.3, 0.4) is 0 Å². The Labute approximate surface area is 76.7 Å². The van der Waals surface area contributed by atoms with Gasteiger partial charge in [-0.15, -0.1) is 0 Å². The quantitative estimate of drug-likeness (QED) is 0.735. The molecule has 0 bridgehead atoms. The summed E-state index contributed by atoms with van der Waals surface area (Å²) in [6.07, 6.45) is 0.432. The van der Waals surface area contributed by atoms with E-state index in [-0.39, 0.29) is 17.2 Å². The summed E-state index contributed by atoms with van der Waals surface area (Å²) in [4.78, 5) is 0. The number of rotatable bonds is 3. The van der Waals surface area contributed by atoms with Crippen molar-refractivity contribution >= 4 is 8.03 Å². The highest BCUT2D eigenvalue weighted by Gasteiger charge is 2.02. The summed E-state index contributed by atoms with van der Waals surface area (Å²) in [5.74, 6) is 0.00467. The Morgan fingerprint density at radius 1 is 1.31 bits per heavy atom. The molecule has 1 aromatic carbocycles. The van der Waals surface area contributed by atoms with Crippen LogP contribution in [0.1, 0.15) is 6.92 Å². The van der Waals surface area contributed by atoms with Gasteiger partial charge in [0.15, 0.2) is 0 Å². The Morgan fingerprint density at radius 2 is 1.85 bits per heavy atom. The lowest BCUT2D eigenvalue weighted by atomic mass is 10.3. The van der Waals surface area contributed by atoms with Gasteiger partial charge >= 0.3 is 0 Å². The van der Waals surface area contributed by atoms with E-state index in [1.54, 1.807) is 6.92 Å². The molecule has 0 fully saturated rings. The van der Waals surface area contributed by atoms with E-state index in [1.807, 2.05) is 0 Å². The molecule has 1 aromatic rings. The van der Waals surface area contributed by atoms with Gasteiger partial charge in [0.1, 0.15) is 17.2 Å². The number of aromatic hydroxyl groups is 2. The predicted octanol–water partition coefficient (Wildman–Crippen LogP) is 1.97. The van der Waals surface area contributed by atoms with E-state index in [1.165, 1.54) is 18.2 Å². The highest BCUT2D eigenvalue weighted by atomic mass is 31.1. The molecule has 2 N–H and O–H groups in total. The highest BCUT2D eigenvalue weighted by Crippen LogP contribution is 2.32. The Morgan fingerprint density at radius 3 is 2.31 bits per heavy atom. The molecule has 1 atom stereocenters. The Kier molecular flexibility index (Phi) is 3.20. The minimum absolute atomic E-state index is 0.110. The molecule has 0 aliphatic rings. The first-order valence-electron chi connectivity index (χ1n) is 3.85. The fourth-order valence-electron chi connectivity index (χ4n) is 0.831. The number of phenols is 2. The molecule has 0 aliphatic heterocycles. The van der Waals surface area contributed by atoms with E-state index in [9.17, 15) is 4.57 Å². The molecule has 0 aromatic heterocycles. The van der Waals surface area contributed by atoms with Crippen LogP contribution in [-0.4, -0.2) is 16.4 Å². The highest BCUT2D eigenvalue weighted by molar-refractivity contribution is 7.39. The summed E-state index contributed by atoms with van der Waals surface area (Å²) in [6, 6.07) is 3.78. The van der Waals surface area contributed by atoms with Crippen molar-refractivity contribution in [3.05, 3.63) is 18.2 Å². The van der Waals surface area contributed by atoms with Gasteiger partial charge in [-0.05, 0) is 0 Å². The van der Waals surface area contributed by atoms with Gasteiger partial charge in [0.25, 0.3) is 0 Å². The molecule has 0 saturated heterocycles. The topological polar surface area (TPSA) is 66.8 Å². The normalized spacial score (nSPS) is 12.4. The zero-order valence-electron chi connectivity index (χ0n) is 7.15. The van der Waals surface area contributed by atoms with Crippen LogP contribution in [0.2, 0.25) is 0 Å². The summed E-state index contributed by atoms with van der Waals surface area (Å²) in [7, 11) is -2.09. The Hall–Kier alpha value is -1.15. The Bertz CT molecular complexity index is 304. The van der Waals surface area contributed by atoms with E-state index in [0.717, 1.165) is 0 Å². The van der Waals surface area contributed by atoms with Crippen LogP contribution in [-0.2, 0) is 4.57 Å². The average Bonchev–Trinajstić information content (AvgIpc) is 2.02. The van der Waals surface area contributed by atoms with E-state index in [2.05, 4.69) is 0 Å². The number of benzene rings is 1. The third kappa shape index (κ3) is 2.99. The molecule has 0 heterocycles. The zero-order valence-corrected chi connectivity index (χ0v) is 8.15. The predicted molar refractivity (Wildman–Crippen MR) is 49.9 cm³/mol. The summed E-state index contributed by atoms with van der Waals surface area (Å²) in [6.45, 7) is 1.74. The van der Waals surface area contributed by atoms with Gasteiger partial charge in [-0.2, -0.15) is 0 Å². The molecule has 0 saturated carbocycles. The Balaban J connectivity index is 2.83. The van der Waals surface area contributed by atoms with Gasteiger partial charge < -0.3 is 14.7 Å². The van der Waals surface area contributed by atoms with Crippen molar-refractivity contribution in [2.24, 2.45) is 0 Å². The molecule has 0 radical (unpaired) electrons. The van der Waals surface area contributed by atoms with Crippen LogP contribution in [0, 0.1) is 0 Å². The number of hydrogen-bond acceptors (Lipinski definition) is 4. The largest absolute Gasteiger partial charge is 0.508 e. The van der Waals surface area contributed by atoms with Crippen LogP contribution < -0.4 is 4.52 Å². The zero-order chi connectivity index (χ0) is 9.84. The van der Waals surface area contributed by atoms with Gasteiger partial charge in [0.2, 0.25) is 8.03 Å². The van der Waals surface area contributed by atoms with E-state index in [4.69, 9.17) is 14.7 Å². The van der Waals surface area contributed by atoms with Crippen LogP contribution in [0.25, 0.3) is 0 Å². The lowest BCUT2D eigenvalue weighted by Crippen LogP contribution is -1.82. The lowest BCUT2D eigenvalue weighted by Gasteiger charge is -2.04. The van der Waals surface area contributed by atoms with Crippen molar-refractivity contribution in [2.75, 3.05) is 6.16 Å². The maximum atomic E-state index is 11.0. The van der Waals surface area contributed by atoms with Crippen molar-refractivity contribution in [1.82, 2.24) is 0 Å². The molecule has 4 nitrogen and oxygen atoms in total. The van der Waals surface area contributed by atoms with Crippen LogP contribution in [0.15, 0.2) is 18.2 Å². The molecule has 13 heavy (non-hydrogen) atoms. The summed E-state index contributed by atoms with van der Waals surface area (Å²) in [5.41, 5.74) is 0. The maximum absolute atomic E-state index is 11.0. The van der Waals surface area contributed by atoms with Crippen molar-refractivity contribution in [3.8, 4) is 17.2 Å². The second kappa shape index (κ2) is 4.19.